The highest BCUT2D eigenvalue weighted by Gasteiger charge is 2.32. The SMILES string of the molecule is CC1CCC(C(C)C)C(OC(=O)/C=C/c2ccc(-c3ccccc3)o2)C1. The molecule has 1 fully saturated rings. The van der Waals surface area contributed by atoms with E-state index >= 15 is 0 Å². The Bertz CT molecular complexity index is 742. The van der Waals surface area contributed by atoms with Crippen molar-refractivity contribution in [2.75, 3.05) is 0 Å². The fourth-order valence-corrected chi connectivity index (χ4v) is 3.79. The minimum Gasteiger partial charge on any atom is -0.459 e. The molecule has 1 heterocycles. The van der Waals surface area contributed by atoms with Crippen molar-refractivity contribution in [3.05, 3.63) is 54.3 Å². The molecule has 0 amide bonds. The Morgan fingerprint density at radius 1 is 1.15 bits per heavy atom. The van der Waals surface area contributed by atoms with Crippen molar-refractivity contribution >= 4 is 12.0 Å². The van der Waals surface area contributed by atoms with Crippen LogP contribution in [0.5, 0.6) is 0 Å². The zero-order chi connectivity index (χ0) is 18.5. The lowest BCUT2D eigenvalue weighted by Crippen LogP contribution is -2.35. The van der Waals surface area contributed by atoms with Gasteiger partial charge in [-0.3, -0.25) is 0 Å². The molecular weight excluding hydrogens is 324 g/mol. The monoisotopic (exact) mass is 352 g/mol. The summed E-state index contributed by atoms with van der Waals surface area (Å²) in [6.45, 7) is 6.66. The molecule has 2 aromatic rings. The molecule has 26 heavy (non-hydrogen) atoms. The Balaban J connectivity index is 1.61. The predicted molar refractivity (Wildman–Crippen MR) is 104 cm³/mol. The number of rotatable bonds is 5. The molecule has 3 atom stereocenters. The first kappa shape index (κ1) is 18.5. The maximum Gasteiger partial charge on any atom is 0.331 e. The lowest BCUT2D eigenvalue weighted by molar-refractivity contribution is -0.149. The molecule has 1 aliphatic carbocycles. The van der Waals surface area contributed by atoms with Gasteiger partial charge in [-0.15, -0.1) is 0 Å². The third-order valence-corrected chi connectivity index (χ3v) is 5.30. The van der Waals surface area contributed by atoms with Crippen LogP contribution >= 0.6 is 0 Å². The molecule has 0 N–H and O–H groups in total. The standard InChI is InChI=1S/C23H28O3/c1-16(2)20-12-9-17(3)15-22(20)26-23(24)14-11-19-10-13-21(25-19)18-7-5-4-6-8-18/h4-8,10-11,13-14,16-17,20,22H,9,12,15H2,1-3H3/b14-11+. The quantitative estimate of drug-likeness (QED) is 0.492. The summed E-state index contributed by atoms with van der Waals surface area (Å²) in [4.78, 5) is 12.3. The first-order valence-electron chi connectivity index (χ1n) is 9.57. The fraction of sp³-hybridized carbons (Fsp3) is 0.435. The van der Waals surface area contributed by atoms with Gasteiger partial charge in [0.15, 0.2) is 0 Å². The van der Waals surface area contributed by atoms with E-state index in [-0.39, 0.29) is 12.1 Å². The number of carbonyl (C=O) groups excluding carboxylic acids is 1. The summed E-state index contributed by atoms with van der Waals surface area (Å²) in [6.07, 6.45) is 6.50. The van der Waals surface area contributed by atoms with Crippen molar-refractivity contribution < 1.29 is 13.9 Å². The Morgan fingerprint density at radius 2 is 1.92 bits per heavy atom. The van der Waals surface area contributed by atoms with E-state index in [9.17, 15) is 4.79 Å². The number of benzene rings is 1. The molecule has 3 nitrogen and oxygen atoms in total. The minimum absolute atomic E-state index is 0.0207. The summed E-state index contributed by atoms with van der Waals surface area (Å²) in [5, 5.41) is 0. The summed E-state index contributed by atoms with van der Waals surface area (Å²) in [5.41, 5.74) is 1.02. The average molecular weight is 352 g/mol. The van der Waals surface area contributed by atoms with E-state index in [1.54, 1.807) is 6.08 Å². The highest BCUT2D eigenvalue weighted by molar-refractivity contribution is 5.86. The van der Waals surface area contributed by atoms with Gasteiger partial charge < -0.3 is 9.15 Å². The highest BCUT2D eigenvalue weighted by Crippen LogP contribution is 2.35. The van der Waals surface area contributed by atoms with Crippen molar-refractivity contribution in [2.24, 2.45) is 17.8 Å². The Hall–Kier alpha value is -2.29. The van der Waals surface area contributed by atoms with Gasteiger partial charge in [-0.25, -0.2) is 4.79 Å². The normalized spacial score (nSPS) is 23.5. The van der Waals surface area contributed by atoms with E-state index in [1.807, 2.05) is 42.5 Å². The molecule has 0 spiro atoms. The molecule has 1 aromatic carbocycles. The number of esters is 1. The predicted octanol–water partition coefficient (Wildman–Crippen LogP) is 5.96. The molecular formula is C23H28O3. The van der Waals surface area contributed by atoms with Gasteiger partial charge >= 0.3 is 5.97 Å². The van der Waals surface area contributed by atoms with Gasteiger partial charge in [-0.2, -0.15) is 0 Å². The number of furan rings is 1. The van der Waals surface area contributed by atoms with Crippen LogP contribution in [-0.2, 0) is 9.53 Å². The summed E-state index contributed by atoms with van der Waals surface area (Å²) >= 11 is 0. The van der Waals surface area contributed by atoms with E-state index in [2.05, 4.69) is 20.8 Å². The van der Waals surface area contributed by atoms with Crippen LogP contribution in [0.15, 0.2) is 53.0 Å². The first-order valence-corrected chi connectivity index (χ1v) is 9.57. The van der Waals surface area contributed by atoms with Crippen LogP contribution in [0.25, 0.3) is 17.4 Å². The average Bonchev–Trinajstić information content (AvgIpc) is 3.09. The third kappa shape index (κ3) is 4.66. The Morgan fingerprint density at radius 3 is 2.65 bits per heavy atom. The molecule has 0 radical (unpaired) electrons. The van der Waals surface area contributed by atoms with Gasteiger partial charge in [0.25, 0.3) is 0 Å². The van der Waals surface area contributed by atoms with Crippen LogP contribution in [0.3, 0.4) is 0 Å². The van der Waals surface area contributed by atoms with Crippen LogP contribution in [0.1, 0.15) is 45.8 Å². The Labute approximate surface area is 156 Å². The maximum absolute atomic E-state index is 12.3. The molecule has 1 aliphatic rings. The van der Waals surface area contributed by atoms with Gasteiger partial charge in [0.1, 0.15) is 17.6 Å². The van der Waals surface area contributed by atoms with Crippen LogP contribution in [0, 0.1) is 17.8 Å². The minimum atomic E-state index is -0.285. The smallest absolute Gasteiger partial charge is 0.331 e. The Kier molecular flexibility index (Phi) is 5.97. The van der Waals surface area contributed by atoms with E-state index in [0.717, 1.165) is 24.2 Å². The molecule has 1 aromatic heterocycles. The second-order valence-corrected chi connectivity index (χ2v) is 7.70. The van der Waals surface area contributed by atoms with Gasteiger partial charge in [0.05, 0.1) is 0 Å². The van der Waals surface area contributed by atoms with E-state index in [0.29, 0.717) is 23.5 Å². The zero-order valence-electron chi connectivity index (χ0n) is 15.9. The van der Waals surface area contributed by atoms with Crippen LogP contribution in [0.4, 0.5) is 0 Å². The summed E-state index contributed by atoms with van der Waals surface area (Å²) < 4.78 is 11.6. The van der Waals surface area contributed by atoms with Crippen LogP contribution < -0.4 is 0 Å². The molecule has 138 valence electrons. The maximum atomic E-state index is 12.3. The molecule has 0 bridgehead atoms. The largest absolute Gasteiger partial charge is 0.459 e. The van der Waals surface area contributed by atoms with E-state index in [1.165, 1.54) is 12.5 Å². The van der Waals surface area contributed by atoms with E-state index < -0.39 is 0 Å². The van der Waals surface area contributed by atoms with Crippen LogP contribution in [0.2, 0.25) is 0 Å². The number of carbonyl (C=O) groups is 1. The van der Waals surface area contributed by atoms with Crippen LogP contribution in [-0.4, -0.2) is 12.1 Å². The van der Waals surface area contributed by atoms with Gasteiger partial charge in [0, 0.05) is 11.6 Å². The van der Waals surface area contributed by atoms with Crippen molar-refractivity contribution in [1.29, 1.82) is 0 Å². The van der Waals surface area contributed by atoms with Gasteiger partial charge in [-0.1, -0.05) is 57.5 Å². The second-order valence-electron chi connectivity index (χ2n) is 7.70. The lowest BCUT2D eigenvalue weighted by atomic mass is 9.75. The number of hydrogen-bond acceptors (Lipinski definition) is 3. The first-order chi connectivity index (χ1) is 12.5. The van der Waals surface area contributed by atoms with Crippen molar-refractivity contribution in [3.8, 4) is 11.3 Å². The number of hydrogen-bond donors (Lipinski definition) is 0. The third-order valence-electron chi connectivity index (χ3n) is 5.30. The van der Waals surface area contributed by atoms with Gasteiger partial charge in [-0.05, 0) is 48.8 Å². The molecule has 0 aliphatic heterocycles. The molecule has 1 saturated carbocycles. The number of ether oxygens (including phenoxy) is 1. The topological polar surface area (TPSA) is 39.4 Å². The summed E-state index contributed by atoms with van der Waals surface area (Å²) in [7, 11) is 0. The van der Waals surface area contributed by atoms with Crippen molar-refractivity contribution in [1.82, 2.24) is 0 Å². The van der Waals surface area contributed by atoms with Crippen molar-refractivity contribution in [3.63, 3.8) is 0 Å². The van der Waals surface area contributed by atoms with Gasteiger partial charge in [0.2, 0.25) is 0 Å². The molecule has 3 unspecified atom stereocenters. The lowest BCUT2D eigenvalue weighted by Gasteiger charge is -2.36. The zero-order valence-corrected chi connectivity index (χ0v) is 15.9. The summed E-state index contributed by atoms with van der Waals surface area (Å²) in [5.74, 6) is 2.76. The molecule has 0 saturated heterocycles. The molecule has 3 rings (SSSR count). The highest BCUT2D eigenvalue weighted by atomic mass is 16.5. The molecule has 3 heteroatoms. The fourth-order valence-electron chi connectivity index (χ4n) is 3.79. The van der Waals surface area contributed by atoms with E-state index in [4.69, 9.17) is 9.15 Å². The summed E-state index contributed by atoms with van der Waals surface area (Å²) in [6, 6.07) is 13.7. The second kappa shape index (κ2) is 8.39. The van der Waals surface area contributed by atoms with Crippen molar-refractivity contribution in [2.45, 2.75) is 46.1 Å².